The van der Waals surface area contributed by atoms with E-state index >= 15 is 0 Å². The van der Waals surface area contributed by atoms with Gasteiger partial charge in [-0.05, 0) is 0 Å². The summed E-state index contributed by atoms with van der Waals surface area (Å²) in [6.45, 7) is 0. The van der Waals surface area contributed by atoms with E-state index < -0.39 is 7.38 Å². The number of hydrogen-bond acceptors (Lipinski definition) is 3. The Labute approximate surface area is 72.3 Å². The summed E-state index contributed by atoms with van der Waals surface area (Å²) in [6.07, 6.45) is 0. The topological polar surface area (TPSA) is 0 Å². The molecular weight excluding hydrogens is 196 g/mol. The van der Waals surface area contributed by atoms with Crippen LogP contribution in [0.25, 0.3) is 0 Å². The fourth-order valence-corrected chi connectivity index (χ4v) is 4.05. The minimum Gasteiger partial charge on any atom is -0.181 e. The first-order chi connectivity index (χ1) is 3.68. The van der Waals surface area contributed by atoms with Crippen molar-refractivity contribution in [2.45, 2.75) is 0 Å². The quantitative estimate of drug-likeness (QED) is 0.347. The smallest absolute Gasteiger partial charge is 0.181 e. The van der Waals surface area contributed by atoms with Crippen LogP contribution in [0.1, 0.15) is 0 Å². The zero-order valence-corrected chi connectivity index (χ0v) is 8.78. The van der Waals surface area contributed by atoms with Crippen LogP contribution in [0.5, 0.6) is 0 Å². The molecule has 8 heavy (non-hydrogen) atoms. The summed E-state index contributed by atoms with van der Waals surface area (Å²) in [6, 6.07) is 0. The van der Waals surface area contributed by atoms with Gasteiger partial charge in [0.25, 0.3) is 0 Å². The molecule has 0 aliphatic carbocycles. The largest absolute Gasteiger partial charge is 0.184 e. The van der Waals surface area contributed by atoms with Gasteiger partial charge in [0.05, 0.1) is 0 Å². The van der Waals surface area contributed by atoms with Crippen molar-refractivity contribution in [3.8, 4) is 0 Å². The van der Waals surface area contributed by atoms with Gasteiger partial charge in [-0.2, -0.15) is 49.0 Å². The molecule has 0 unspecified atom stereocenters. The summed E-state index contributed by atoms with van der Waals surface area (Å²) in [5.41, 5.74) is 0. The molecule has 0 nitrogen and oxygen atoms in total. The molecule has 0 aromatic carbocycles. The van der Waals surface area contributed by atoms with Crippen molar-refractivity contribution in [1.29, 1.82) is 0 Å². The molecule has 0 fully saturated rings. The standard InChI is InChI=1S/C3H9ClS3Si/c4-8(1-5,2-6)3-7/h5-7H,1-3H2. The molecule has 0 spiro atoms. The van der Waals surface area contributed by atoms with Gasteiger partial charge in [0.15, 0.2) is 7.38 Å². The van der Waals surface area contributed by atoms with E-state index in [0.717, 1.165) is 16.1 Å². The van der Waals surface area contributed by atoms with Crippen molar-refractivity contribution >= 4 is 56.3 Å². The highest BCUT2D eigenvalue weighted by Crippen LogP contribution is 2.13. The van der Waals surface area contributed by atoms with Crippen LogP contribution in [0.2, 0.25) is 0 Å². The molecule has 0 saturated heterocycles. The Kier molecular flexibility index (Phi) is 5.24. The first-order valence-electron chi connectivity index (χ1n) is 2.20. The van der Waals surface area contributed by atoms with Crippen LogP contribution in [0.3, 0.4) is 0 Å². The van der Waals surface area contributed by atoms with Gasteiger partial charge in [-0.3, -0.25) is 0 Å². The maximum Gasteiger partial charge on any atom is 0.184 e. The highest BCUT2D eigenvalue weighted by molar-refractivity contribution is 7.90. The molecule has 0 bridgehead atoms. The van der Waals surface area contributed by atoms with E-state index in [-0.39, 0.29) is 0 Å². The Balaban J connectivity index is 3.58. The van der Waals surface area contributed by atoms with Crippen molar-refractivity contribution in [2.24, 2.45) is 0 Å². The Bertz CT molecular complexity index is 57.3. The summed E-state index contributed by atoms with van der Waals surface area (Å²) in [5.74, 6) is 0. The van der Waals surface area contributed by atoms with Gasteiger partial charge >= 0.3 is 0 Å². The van der Waals surface area contributed by atoms with Crippen molar-refractivity contribution in [3.05, 3.63) is 0 Å². The summed E-state index contributed by atoms with van der Waals surface area (Å²) in [5, 5.41) is 2.30. The zero-order chi connectivity index (χ0) is 6.62. The van der Waals surface area contributed by atoms with Crippen LogP contribution in [0.4, 0.5) is 0 Å². The lowest BCUT2D eigenvalue weighted by Crippen LogP contribution is -2.36. The summed E-state index contributed by atoms with van der Waals surface area (Å²) in [4.78, 5) is 0. The van der Waals surface area contributed by atoms with E-state index in [1.165, 1.54) is 0 Å². The molecule has 0 saturated carbocycles. The third-order valence-electron chi connectivity index (χ3n) is 0.850. The molecule has 0 heterocycles. The summed E-state index contributed by atoms with van der Waals surface area (Å²) >= 11 is 18.3. The van der Waals surface area contributed by atoms with E-state index in [1.807, 2.05) is 0 Å². The Hall–Kier alpha value is 1.56. The van der Waals surface area contributed by atoms with Crippen molar-refractivity contribution in [1.82, 2.24) is 0 Å². The van der Waals surface area contributed by atoms with Crippen LogP contribution < -0.4 is 0 Å². The molecule has 0 atom stereocenters. The molecule has 0 aromatic heterocycles. The zero-order valence-electron chi connectivity index (χ0n) is 4.34. The first kappa shape index (κ1) is 9.56. The van der Waals surface area contributed by atoms with E-state index in [0.29, 0.717) is 0 Å². The van der Waals surface area contributed by atoms with Crippen LogP contribution in [0.15, 0.2) is 0 Å². The van der Waals surface area contributed by atoms with Crippen molar-refractivity contribution in [3.63, 3.8) is 0 Å². The van der Waals surface area contributed by atoms with Gasteiger partial charge in [-0.15, -0.1) is 0 Å². The number of thiol groups is 3. The Morgan fingerprint density at radius 3 is 1.25 bits per heavy atom. The van der Waals surface area contributed by atoms with Gasteiger partial charge in [0.2, 0.25) is 0 Å². The molecule has 0 rings (SSSR count). The molecule has 0 amide bonds. The van der Waals surface area contributed by atoms with Gasteiger partial charge in [0.1, 0.15) is 0 Å². The van der Waals surface area contributed by atoms with Gasteiger partial charge in [0, 0.05) is 16.1 Å². The lowest BCUT2D eigenvalue weighted by molar-refractivity contribution is 1.78. The van der Waals surface area contributed by atoms with Gasteiger partial charge in [-0.1, -0.05) is 0 Å². The average molecular weight is 205 g/mol. The molecule has 0 aliphatic heterocycles. The van der Waals surface area contributed by atoms with Gasteiger partial charge < -0.3 is 0 Å². The fourth-order valence-electron chi connectivity index (χ4n) is 0.150. The second-order valence-corrected chi connectivity index (χ2v) is 10.1. The number of hydrogen-bond donors (Lipinski definition) is 3. The minimum absolute atomic E-state index is 0.765. The second-order valence-electron chi connectivity index (χ2n) is 1.63. The Morgan fingerprint density at radius 2 is 1.25 bits per heavy atom. The lowest BCUT2D eigenvalue weighted by atomic mass is 11.8. The normalized spacial score (nSPS) is 12.0. The van der Waals surface area contributed by atoms with E-state index in [2.05, 4.69) is 37.9 Å². The molecule has 0 N–H and O–H groups in total. The third kappa shape index (κ3) is 2.92. The molecule has 0 aliphatic rings. The molecule has 5 heteroatoms. The maximum absolute atomic E-state index is 6.00. The van der Waals surface area contributed by atoms with E-state index in [1.54, 1.807) is 0 Å². The number of halogens is 1. The lowest BCUT2D eigenvalue weighted by Gasteiger charge is -2.15. The minimum atomic E-state index is -1.61. The van der Waals surface area contributed by atoms with E-state index in [9.17, 15) is 0 Å². The van der Waals surface area contributed by atoms with Crippen molar-refractivity contribution in [2.75, 3.05) is 16.1 Å². The SMILES string of the molecule is SC[Si](Cl)(CS)CS. The van der Waals surface area contributed by atoms with Crippen molar-refractivity contribution < 1.29 is 0 Å². The fraction of sp³-hybridized carbons (Fsp3) is 1.00. The average Bonchev–Trinajstić information content (AvgIpc) is 1.87. The van der Waals surface area contributed by atoms with Crippen LogP contribution >= 0.6 is 49.0 Å². The maximum atomic E-state index is 6.00. The first-order valence-corrected chi connectivity index (χ1v) is 7.73. The second kappa shape index (κ2) is 4.38. The van der Waals surface area contributed by atoms with Crippen LogP contribution in [-0.2, 0) is 0 Å². The molecule has 50 valence electrons. The molecule has 0 aromatic rings. The third-order valence-corrected chi connectivity index (χ3v) is 10.9. The van der Waals surface area contributed by atoms with Gasteiger partial charge in [-0.25, -0.2) is 0 Å². The Morgan fingerprint density at radius 1 is 1.00 bits per heavy atom. The highest BCUT2D eigenvalue weighted by atomic mass is 35.6. The molecular formula is C3H9ClS3Si. The number of rotatable bonds is 3. The monoisotopic (exact) mass is 204 g/mol. The van der Waals surface area contributed by atoms with E-state index in [4.69, 9.17) is 11.1 Å². The predicted octanol–water partition coefficient (Wildman–Crippen LogP) is 1.58. The highest BCUT2D eigenvalue weighted by Gasteiger charge is 2.24. The predicted molar refractivity (Wildman–Crippen MR) is 53.2 cm³/mol. The summed E-state index contributed by atoms with van der Waals surface area (Å²) < 4.78 is 0. The van der Waals surface area contributed by atoms with Crippen LogP contribution in [0, 0.1) is 0 Å². The van der Waals surface area contributed by atoms with Crippen LogP contribution in [-0.4, -0.2) is 23.5 Å². The molecule has 0 radical (unpaired) electrons. The summed E-state index contributed by atoms with van der Waals surface area (Å²) in [7, 11) is -1.61.